The number of rotatable bonds is 4. The van der Waals surface area contributed by atoms with E-state index >= 15 is 0 Å². The minimum atomic E-state index is -0.00946. The maximum atomic E-state index is 12.4. The van der Waals surface area contributed by atoms with Gasteiger partial charge in [0, 0.05) is 19.6 Å². The van der Waals surface area contributed by atoms with Gasteiger partial charge in [0.2, 0.25) is 0 Å². The van der Waals surface area contributed by atoms with Gasteiger partial charge in [0.15, 0.2) is 0 Å². The van der Waals surface area contributed by atoms with Gasteiger partial charge in [-0.25, -0.2) is 4.79 Å². The van der Waals surface area contributed by atoms with Crippen LogP contribution in [0.4, 0.5) is 4.79 Å². The second kappa shape index (κ2) is 7.61. The highest BCUT2D eigenvalue weighted by Crippen LogP contribution is 2.17. The molecule has 1 aliphatic rings. The number of ether oxygens (including phenoxy) is 1. The topological polar surface area (TPSA) is 44.8 Å². The molecular formula is C17H27N3O2. The molecule has 2 rings (SSSR count). The van der Waals surface area contributed by atoms with E-state index in [2.05, 4.69) is 22.3 Å². The minimum absolute atomic E-state index is 0.00946. The quantitative estimate of drug-likeness (QED) is 0.926. The second-order valence-corrected chi connectivity index (χ2v) is 6.24. The van der Waals surface area contributed by atoms with Crippen LogP contribution in [-0.2, 0) is 4.74 Å². The van der Waals surface area contributed by atoms with Gasteiger partial charge < -0.3 is 19.9 Å². The molecular weight excluding hydrogens is 278 g/mol. The SMILES string of the molecule is CC1CN(C(=O)NCC(c2ccccc2)N(C)C)CC(C)O1. The lowest BCUT2D eigenvalue weighted by Crippen LogP contribution is -2.52. The van der Waals surface area contributed by atoms with Crippen LogP contribution in [0.15, 0.2) is 30.3 Å². The maximum Gasteiger partial charge on any atom is 0.317 e. The van der Waals surface area contributed by atoms with E-state index in [4.69, 9.17) is 4.74 Å². The van der Waals surface area contributed by atoms with Crippen LogP contribution >= 0.6 is 0 Å². The molecule has 5 heteroatoms. The van der Waals surface area contributed by atoms with Crippen molar-refractivity contribution in [1.82, 2.24) is 15.1 Å². The summed E-state index contributed by atoms with van der Waals surface area (Å²) < 4.78 is 5.67. The Balaban J connectivity index is 1.93. The summed E-state index contributed by atoms with van der Waals surface area (Å²) in [7, 11) is 4.06. The van der Waals surface area contributed by atoms with Crippen molar-refractivity contribution in [3.8, 4) is 0 Å². The zero-order chi connectivity index (χ0) is 16.1. The number of carbonyl (C=O) groups is 1. The van der Waals surface area contributed by atoms with E-state index in [0.717, 1.165) is 0 Å². The Hall–Kier alpha value is -1.59. The number of likely N-dealkylation sites (N-methyl/N-ethyl adjacent to an activating group) is 1. The van der Waals surface area contributed by atoms with Gasteiger partial charge >= 0.3 is 6.03 Å². The van der Waals surface area contributed by atoms with Crippen LogP contribution in [0.3, 0.4) is 0 Å². The molecule has 1 N–H and O–H groups in total. The van der Waals surface area contributed by atoms with Crippen molar-refractivity contribution in [3.05, 3.63) is 35.9 Å². The molecule has 0 radical (unpaired) electrons. The highest BCUT2D eigenvalue weighted by molar-refractivity contribution is 5.74. The minimum Gasteiger partial charge on any atom is -0.372 e. The first-order valence-corrected chi connectivity index (χ1v) is 7.87. The molecule has 0 aliphatic carbocycles. The standard InChI is InChI=1S/C17H27N3O2/c1-13-11-20(12-14(2)22-13)17(21)18-10-16(19(3)4)15-8-6-5-7-9-15/h5-9,13-14,16H,10-12H2,1-4H3,(H,18,21). The summed E-state index contributed by atoms with van der Waals surface area (Å²) in [4.78, 5) is 16.4. The molecule has 1 aromatic carbocycles. The van der Waals surface area contributed by atoms with Crippen LogP contribution in [0.25, 0.3) is 0 Å². The summed E-state index contributed by atoms with van der Waals surface area (Å²) in [6, 6.07) is 10.4. The number of carbonyl (C=O) groups excluding carboxylic acids is 1. The van der Waals surface area contributed by atoms with Crippen LogP contribution in [0.2, 0.25) is 0 Å². The molecule has 0 bridgehead atoms. The highest BCUT2D eigenvalue weighted by atomic mass is 16.5. The van der Waals surface area contributed by atoms with Crippen molar-refractivity contribution in [3.63, 3.8) is 0 Å². The van der Waals surface area contributed by atoms with E-state index in [9.17, 15) is 4.79 Å². The molecule has 1 aliphatic heterocycles. The van der Waals surface area contributed by atoms with Crippen LogP contribution in [-0.4, -0.2) is 61.8 Å². The molecule has 122 valence electrons. The molecule has 0 aromatic heterocycles. The zero-order valence-corrected chi connectivity index (χ0v) is 14.0. The van der Waals surface area contributed by atoms with Gasteiger partial charge in [-0.05, 0) is 33.5 Å². The lowest BCUT2D eigenvalue weighted by molar-refractivity contribution is -0.0546. The van der Waals surface area contributed by atoms with Crippen molar-refractivity contribution < 1.29 is 9.53 Å². The van der Waals surface area contributed by atoms with E-state index in [1.165, 1.54) is 5.56 Å². The molecule has 0 saturated carbocycles. The number of hydrogen-bond acceptors (Lipinski definition) is 3. The number of morpholine rings is 1. The van der Waals surface area contributed by atoms with Crippen molar-refractivity contribution >= 4 is 6.03 Å². The maximum absolute atomic E-state index is 12.4. The van der Waals surface area contributed by atoms with E-state index in [1.54, 1.807) is 0 Å². The summed E-state index contributed by atoms with van der Waals surface area (Å²) in [5.74, 6) is 0. The summed E-state index contributed by atoms with van der Waals surface area (Å²) in [5.41, 5.74) is 1.21. The predicted octanol–water partition coefficient (Wildman–Crippen LogP) is 2.11. The number of nitrogens with one attached hydrogen (secondary N) is 1. The molecule has 3 atom stereocenters. The predicted molar refractivity (Wildman–Crippen MR) is 87.9 cm³/mol. The fourth-order valence-corrected chi connectivity index (χ4v) is 2.91. The molecule has 1 fully saturated rings. The number of amides is 2. The highest BCUT2D eigenvalue weighted by Gasteiger charge is 2.26. The van der Waals surface area contributed by atoms with Gasteiger partial charge in [0.25, 0.3) is 0 Å². The Morgan fingerprint density at radius 3 is 2.41 bits per heavy atom. The van der Waals surface area contributed by atoms with E-state index < -0.39 is 0 Å². The van der Waals surface area contributed by atoms with Gasteiger partial charge in [-0.15, -0.1) is 0 Å². The van der Waals surface area contributed by atoms with Crippen LogP contribution in [0, 0.1) is 0 Å². The fraction of sp³-hybridized carbons (Fsp3) is 0.588. The number of hydrogen-bond donors (Lipinski definition) is 1. The monoisotopic (exact) mass is 305 g/mol. The van der Waals surface area contributed by atoms with Gasteiger partial charge in [-0.1, -0.05) is 30.3 Å². The largest absolute Gasteiger partial charge is 0.372 e. The first-order chi connectivity index (χ1) is 10.5. The first-order valence-electron chi connectivity index (χ1n) is 7.87. The Morgan fingerprint density at radius 1 is 1.27 bits per heavy atom. The van der Waals surface area contributed by atoms with Gasteiger partial charge in [-0.3, -0.25) is 0 Å². The molecule has 22 heavy (non-hydrogen) atoms. The van der Waals surface area contributed by atoms with Crippen LogP contribution < -0.4 is 5.32 Å². The Labute approximate surface area is 133 Å². The van der Waals surface area contributed by atoms with E-state index in [-0.39, 0.29) is 24.3 Å². The lowest BCUT2D eigenvalue weighted by Gasteiger charge is -2.36. The third kappa shape index (κ3) is 4.45. The number of urea groups is 1. The van der Waals surface area contributed by atoms with Gasteiger partial charge in [-0.2, -0.15) is 0 Å². The molecule has 1 heterocycles. The summed E-state index contributed by atoms with van der Waals surface area (Å²) in [5, 5.41) is 3.06. The average Bonchev–Trinajstić information content (AvgIpc) is 2.47. The normalized spacial score (nSPS) is 23.4. The van der Waals surface area contributed by atoms with Crippen molar-refractivity contribution in [1.29, 1.82) is 0 Å². The van der Waals surface area contributed by atoms with E-state index in [0.29, 0.717) is 19.6 Å². The average molecular weight is 305 g/mol. The Bertz CT molecular complexity index is 468. The molecule has 2 amide bonds. The second-order valence-electron chi connectivity index (χ2n) is 6.24. The number of benzene rings is 1. The summed E-state index contributed by atoms with van der Waals surface area (Å²) in [6.07, 6.45) is 0.182. The van der Waals surface area contributed by atoms with Crippen LogP contribution in [0.1, 0.15) is 25.5 Å². The first kappa shape index (κ1) is 16.8. The van der Waals surface area contributed by atoms with E-state index in [1.807, 2.05) is 51.0 Å². The third-order valence-electron chi connectivity index (χ3n) is 3.96. The molecule has 5 nitrogen and oxygen atoms in total. The molecule has 1 aromatic rings. The number of nitrogens with zero attached hydrogens (tertiary/aromatic N) is 2. The Morgan fingerprint density at radius 2 is 1.86 bits per heavy atom. The van der Waals surface area contributed by atoms with Gasteiger partial charge in [0.05, 0.1) is 18.2 Å². The third-order valence-corrected chi connectivity index (χ3v) is 3.96. The molecule has 1 saturated heterocycles. The smallest absolute Gasteiger partial charge is 0.317 e. The van der Waals surface area contributed by atoms with Crippen molar-refractivity contribution in [2.24, 2.45) is 0 Å². The van der Waals surface area contributed by atoms with Crippen molar-refractivity contribution in [2.75, 3.05) is 33.7 Å². The van der Waals surface area contributed by atoms with Crippen molar-refractivity contribution in [2.45, 2.75) is 32.1 Å². The van der Waals surface area contributed by atoms with Crippen LogP contribution in [0.5, 0.6) is 0 Å². The zero-order valence-electron chi connectivity index (χ0n) is 14.0. The van der Waals surface area contributed by atoms with Gasteiger partial charge in [0.1, 0.15) is 0 Å². The lowest BCUT2D eigenvalue weighted by atomic mass is 10.1. The summed E-state index contributed by atoms with van der Waals surface area (Å²) in [6.45, 7) is 5.89. The Kier molecular flexibility index (Phi) is 5.80. The molecule has 0 spiro atoms. The fourth-order valence-electron chi connectivity index (χ4n) is 2.91. The molecule has 3 unspecified atom stereocenters. The summed E-state index contributed by atoms with van der Waals surface area (Å²) >= 11 is 0.